The number of carbonyl (C=O) groups excluding carboxylic acids is 1. The van der Waals surface area contributed by atoms with E-state index in [-0.39, 0.29) is 26.9 Å². The Kier molecular flexibility index (Phi) is 5.75. The van der Waals surface area contributed by atoms with E-state index in [0.29, 0.717) is 5.69 Å². The Morgan fingerprint density at radius 1 is 1.37 bits per heavy atom. The number of halogens is 2. The number of aliphatic imine (C=N–C) groups is 1. The number of carbonyl (C=O) groups is 2. The number of sulfone groups is 1. The lowest BCUT2D eigenvalue weighted by Crippen LogP contribution is -2.37. The maximum Gasteiger partial charge on any atom is 0.329 e. The number of amidine groups is 1. The summed E-state index contributed by atoms with van der Waals surface area (Å²) in [5.41, 5.74) is 0.326. The molecule has 1 N–H and O–H groups in total. The monoisotopic (exact) mass is 436 g/mol. The number of thioether (sulfide) groups is 1. The summed E-state index contributed by atoms with van der Waals surface area (Å²) in [4.78, 5) is 27.8. The lowest BCUT2D eigenvalue weighted by atomic mass is 10.2. The van der Waals surface area contributed by atoms with Crippen LogP contribution in [0.3, 0.4) is 0 Å². The molecule has 2 fully saturated rings. The Morgan fingerprint density at radius 3 is 2.78 bits per heavy atom. The van der Waals surface area contributed by atoms with Gasteiger partial charge in [-0.25, -0.2) is 17.6 Å². The third-order valence-corrected chi connectivity index (χ3v) is 7.44. The Bertz CT molecular complexity index is 923. The third-order valence-electron chi connectivity index (χ3n) is 3.92. The van der Waals surface area contributed by atoms with Crippen molar-refractivity contribution >= 4 is 55.9 Å². The maximum atomic E-state index is 13.9. The number of fused-ring (bicyclic) bond motifs is 1. The highest BCUT2D eigenvalue weighted by Crippen LogP contribution is 2.41. The molecule has 8 nitrogen and oxygen atoms in total. The minimum atomic E-state index is -3.25. The van der Waals surface area contributed by atoms with Gasteiger partial charge in [0, 0.05) is 10.9 Å². The van der Waals surface area contributed by atoms with Crippen LogP contribution in [0.1, 0.15) is 0 Å². The van der Waals surface area contributed by atoms with Gasteiger partial charge < -0.3 is 14.7 Å². The van der Waals surface area contributed by atoms with Gasteiger partial charge in [-0.15, -0.1) is 0 Å². The summed E-state index contributed by atoms with van der Waals surface area (Å²) in [7, 11) is -3.25. The van der Waals surface area contributed by atoms with Crippen molar-refractivity contribution in [2.75, 3.05) is 29.6 Å². The zero-order chi connectivity index (χ0) is 19.8. The number of nitrogens with zero attached hydrogens (tertiary/aromatic N) is 2. The van der Waals surface area contributed by atoms with Gasteiger partial charge in [0.05, 0.1) is 22.6 Å². The molecule has 0 radical (unpaired) electrons. The molecule has 2 aliphatic rings. The molecule has 2 atom stereocenters. The first-order chi connectivity index (χ1) is 12.7. The summed E-state index contributed by atoms with van der Waals surface area (Å²) in [6, 6.07) is 3.51. The van der Waals surface area contributed by atoms with Crippen LogP contribution >= 0.6 is 23.4 Å². The number of ether oxygens (including phenoxy) is 1. The quantitative estimate of drug-likeness (QED) is 0.732. The lowest BCUT2D eigenvalue weighted by Gasteiger charge is -2.24. The van der Waals surface area contributed by atoms with Crippen molar-refractivity contribution in [2.45, 2.75) is 11.3 Å². The standard InChI is InChI=1S/C15H14ClFN2O6S2/c16-9-2-1-8(3-10(9)17)19-11-6-27(23,24)7-12(11)26-15(19)18-13(20)4-25-5-14(21)22/h1-3,11-12H,4-7H2,(H,21,22)/t11-,12-/m0/s1. The second-order valence-electron chi connectivity index (χ2n) is 5.94. The van der Waals surface area contributed by atoms with Crippen LogP contribution in [0.15, 0.2) is 23.2 Å². The van der Waals surface area contributed by atoms with Gasteiger partial charge in [0.25, 0.3) is 5.91 Å². The van der Waals surface area contributed by atoms with Crippen LogP contribution in [0.2, 0.25) is 5.02 Å². The van der Waals surface area contributed by atoms with Crippen molar-refractivity contribution in [3.05, 3.63) is 29.0 Å². The number of carboxylic acids is 1. The third kappa shape index (κ3) is 4.60. The molecule has 2 aliphatic heterocycles. The van der Waals surface area contributed by atoms with E-state index in [4.69, 9.17) is 21.4 Å². The van der Waals surface area contributed by atoms with Crippen molar-refractivity contribution < 1.29 is 32.2 Å². The largest absolute Gasteiger partial charge is 0.480 e. The molecule has 0 unspecified atom stereocenters. The minimum Gasteiger partial charge on any atom is -0.480 e. The van der Waals surface area contributed by atoms with E-state index in [0.717, 1.165) is 17.8 Å². The highest BCUT2D eigenvalue weighted by molar-refractivity contribution is 8.16. The predicted octanol–water partition coefficient (Wildman–Crippen LogP) is 1.18. The number of carboxylic acid groups (broad SMARTS) is 1. The van der Waals surface area contributed by atoms with E-state index in [1.165, 1.54) is 17.0 Å². The van der Waals surface area contributed by atoms with Crippen LogP contribution in [0, 0.1) is 5.82 Å². The van der Waals surface area contributed by atoms with Crippen molar-refractivity contribution in [1.29, 1.82) is 0 Å². The molecule has 27 heavy (non-hydrogen) atoms. The van der Waals surface area contributed by atoms with E-state index < -0.39 is 46.8 Å². The maximum absolute atomic E-state index is 13.9. The molecule has 0 spiro atoms. The Hall–Kier alpha value is -1.69. The van der Waals surface area contributed by atoms with Gasteiger partial charge >= 0.3 is 5.97 Å². The molecule has 0 aromatic heterocycles. The van der Waals surface area contributed by atoms with Gasteiger partial charge in [-0.1, -0.05) is 23.4 Å². The molecular formula is C15H14ClFN2O6S2. The number of hydrogen-bond acceptors (Lipinski definition) is 6. The summed E-state index contributed by atoms with van der Waals surface area (Å²) in [6.07, 6.45) is 0. The van der Waals surface area contributed by atoms with Gasteiger partial charge in [0.1, 0.15) is 19.0 Å². The fourth-order valence-corrected chi connectivity index (χ4v) is 6.91. The van der Waals surface area contributed by atoms with Crippen molar-refractivity contribution in [2.24, 2.45) is 4.99 Å². The van der Waals surface area contributed by atoms with Crippen LogP contribution in [0.4, 0.5) is 10.1 Å². The summed E-state index contributed by atoms with van der Waals surface area (Å²) in [5, 5.41) is 8.30. The Labute approximate surface area is 163 Å². The SMILES string of the molecule is O=C(O)COCC(=O)N=C1S[C@H]2CS(=O)(=O)C[C@@H]2N1c1ccc(Cl)c(F)c1. The average molecular weight is 437 g/mol. The molecule has 0 bridgehead atoms. The summed E-state index contributed by atoms with van der Waals surface area (Å²) >= 11 is 6.82. The molecule has 3 rings (SSSR count). The van der Waals surface area contributed by atoms with Gasteiger partial charge in [0.2, 0.25) is 0 Å². The first kappa shape index (κ1) is 20.1. The fourth-order valence-electron chi connectivity index (χ4n) is 2.87. The van der Waals surface area contributed by atoms with Crippen molar-refractivity contribution in [3.63, 3.8) is 0 Å². The molecule has 12 heteroatoms. The number of rotatable bonds is 5. The van der Waals surface area contributed by atoms with Gasteiger partial charge in [-0.05, 0) is 18.2 Å². The van der Waals surface area contributed by atoms with E-state index in [1.54, 1.807) is 0 Å². The molecular weight excluding hydrogens is 423 g/mol. The normalized spacial score (nSPS) is 25.0. The molecule has 0 saturated carbocycles. The Balaban J connectivity index is 1.88. The van der Waals surface area contributed by atoms with E-state index in [9.17, 15) is 22.4 Å². The van der Waals surface area contributed by atoms with Crippen LogP contribution in [-0.4, -0.2) is 66.6 Å². The number of anilines is 1. The number of amides is 1. The fraction of sp³-hybridized carbons (Fsp3) is 0.400. The summed E-state index contributed by atoms with van der Waals surface area (Å²) < 4.78 is 42.5. The lowest BCUT2D eigenvalue weighted by molar-refractivity contribution is -0.143. The number of aliphatic carboxylic acids is 1. The molecule has 1 aromatic rings. The second kappa shape index (κ2) is 7.74. The minimum absolute atomic E-state index is 0.0718. The molecule has 1 amide bonds. The topological polar surface area (TPSA) is 113 Å². The number of hydrogen-bond donors (Lipinski definition) is 1. The molecule has 146 valence electrons. The van der Waals surface area contributed by atoms with Crippen LogP contribution in [0.5, 0.6) is 0 Å². The predicted molar refractivity (Wildman–Crippen MR) is 98.6 cm³/mol. The smallest absolute Gasteiger partial charge is 0.329 e. The van der Waals surface area contributed by atoms with E-state index >= 15 is 0 Å². The number of benzene rings is 1. The summed E-state index contributed by atoms with van der Waals surface area (Å²) in [6.45, 7) is -1.17. The van der Waals surface area contributed by atoms with Gasteiger partial charge in [-0.2, -0.15) is 4.99 Å². The second-order valence-corrected chi connectivity index (χ2v) is 9.71. The van der Waals surface area contributed by atoms with Crippen molar-refractivity contribution in [1.82, 2.24) is 0 Å². The average Bonchev–Trinajstić information content (AvgIpc) is 3.00. The van der Waals surface area contributed by atoms with Crippen LogP contribution in [0.25, 0.3) is 0 Å². The van der Waals surface area contributed by atoms with Crippen molar-refractivity contribution in [3.8, 4) is 0 Å². The van der Waals surface area contributed by atoms with Gasteiger partial charge in [-0.3, -0.25) is 4.79 Å². The summed E-state index contributed by atoms with van der Waals surface area (Å²) in [5.74, 6) is -2.83. The Morgan fingerprint density at radius 2 is 2.11 bits per heavy atom. The molecule has 2 heterocycles. The molecule has 0 aliphatic carbocycles. The molecule has 1 aromatic carbocycles. The van der Waals surface area contributed by atoms with E-state index in [1.807, 2.05) is 0 Å². The first-order valence-corrected chi connectivity index (χ1v) is 10.8. The van der Waals surface area contributed by atoms with Crippen LogP contribution in [-0.2, 0) is 24.2 Å². The van der Waals surface area contributed by atoms with Gasteiger partial charge in [0.15, 0.2) is 15.0 Å². The highest BCUT2D eigenvalue weighted by Gasteiger charge is 2.49. The van der Waals surface area contributed by atoms with E-state index in [2.05, 4.69) is 4.99 Å². The van der Waals surface area contributed by atoms with Crippen LogP contribution < -0.4 is 4.90 Å². The highest BCUT2D eigenvalue weighted by atomic mass is 35.5. The zero-order valence-corrected chi connectivity index (χ0v) is 16.1. The zero-order valence-electron chi connectivity index (χ0n) is 13.7. The first-order valence-electron chi connectivity index (χ1n) is 7.69. The molecule has 2 saturated heterocycles.